The summed E-state index contributed by atoms with van der Waals surface area (Å²) in [5.74, 6) is 1.35. The molecule has 96 valence electrons. The van der Waals surface area contributed by atoms with E-state index in [9.17, 15) is 4.79 Å². The Kier molecular flexibility index (Phi) is 2.37. The number of nitrogens with one attached hydrogen (secondary N) is 2. The second-order valence-corrected chi connectivity index (χ2v) is 4.97. The second-order valence-electron chi connectivity index (χ2n) is 4.97. The minimum absolute atomic E-state index is 0.243. The number of H-pyrrole nitrogens is 1. The van der Waals surface area contributed by atoms with E-state index in [4.69, 9.17) is 5.73 Å². The molecule has 0 radical (unpaired) electrons. The van der Waals surface area contributed by atoms with Crippen molar-refractivity contribution in [3.05, 3.63) is 22.4 Å². The first-order chi connectivity index (χ1) is 8.63. The van der Waals surface area contributed by atoms with Gasteiger partial charge in [-0.15, -0.1) is 0 Å². The van der Waals surface area contributed by atoms with Crippen LogP contribution in [0.15, 0.2) is 10.9 Å². The summed E-state index contributed by atoms with van der Waals surface area (Å²) in [5, 5.41) is 9.63. The number of hydrogen-bond donors (Lipinski definition) is 3. The molecule has 0 aromatic carbocycles. The molecule has 0 bridgehead atoms. The lowest BCUT2D eigenvalue weighted by Crippen LogP contribution is -2.24. The van der Waals surface area contributed by atoms with Crippen molar-refractivity contribution in [3.63, 3.8) is 0 Å². The number of nitrogens with zero attached hydrogens (tertiary/aromatic N) is 3. The molecule has 1 fully saturated rings. The highest BCUT2D eigenvalue weighted by atomic mass is 16.1. The SMILES string of the molecule is Cc1nc(NCC2(CN)CC2)cc2n[nH]c(=O)n12. The molecule has 0 saturated heterocycles. The molecule has 0 aliphatic heterocycles. The lowest BCUT2D eigenvalue weighted by atomic mass is 10.1. The summed E-state index contributed by atoms with van der Waals surface area (Å²) >= 11 is 0. The van der Waals surface area contributed by atoms with Gasteiger partial charge in [0.05, 0.1) is 0 Å². The zero-order valence-electron chi connectivity index (χ0n) is 10.2. The molecule has 7 nitrogen and oxygen atoms in total. The number of aromatic amines is 1. The molecule has 0 atom stereocenters. The van der Waals surface area contributed by atoms with E-state index in [-0.39, 0.29) is 11.1 Å². The third-order valence-electron chi connectivity index (χ3n) is 3.60. The summed E-state index contributed by atoms with van der Waals surface area (Å²) in [6.45, 7) is 3.30. The summed E-state index contributed by atoms with van der Waals surface area (Å²) in [7, 11) is 0. The average Bonchev–Trinajstić information content (AvgIpc) is 3.05. The van der Waals surface area contributed by atoms with E-state index in [2.05, 4.69) is 20.5 Å². The summed E-state index contributed by atoms with van der Waals surface area (Å²) in [6, 6.07) is 1.76. The van der Waals surface area contributed by atoms with Crippen LogP contribution < -0.4 is 16.7 Å². The van der Waals surface area contributed by atoms with Crippen LogP contribution in [0.25, 0.3) is 5.65 Å². The smallest absolute Gasteiger partial charge is 0.349 e. The molecule has 0 amide bonds. The van der Waals surface area contributed by atoms with Crippen molar-refractivity contribution in [2.24, 2.45) is 11.1 Å². The van der Waals surface area contributed by atoms with E-state index in [1.54, 1.807) is 13.0 Å². The Hall–Kier alpha value is -1.89. The van der Waals surface area contributed by atoms with Gasteiger partial charge in [0.1, 0.15) is 11.6 Å². The van der Waals surface area contributed by atoms with Crippen LogP contribution in [-0.4, -0.2) is 32.7 Å². The second kappa shape index (κ2) is 3.81. The Balaban J connectivity index is 1.87. The van der Waals surface area contributed by atoms with Crippen LogP contribution in [0.1, 0.15) is 18.7 Å². The average molecular weight is 248 g/mol. The molecule has 2 aromatic heterocycles. The predicted octanol–water partition coefficient (Wildman–Crippen LogP) is -0.123. The molecular weight excluding hydrogens is 232 g/mol. The molecule has 4 N–H and O–H groups in total. The summed E-state index contributed by atoms with van der Waals surface area (Å²) in [6.07, 6.45) is 2.33. The van der Waals surface area contributed by atoms with E-state index in [1.165, 1.54) is 17.2 Å². The van der Waals surface area contributed by atoms with Crippen molar-refractivity contribution in [1.29, 1.82) is 0 Å². The van der Waals surface area contributed by atoms with E-state index in [0.29, 0.717) is 18.0 Å². The van der Waals surface area contributed by atoms with Gasteiger partial charge in [0, 0.05) is 12.6 Å². The number of hydrogen-bond acceptors (Lipinski definition) is 5. The van der Waals surface area contributed by atoms with E-state index in [0.717, 1.165) is 12.4 Å². The monoisotopic (exact) mass is 248 g/mol. The van der Waals surface area contributed by atoms with Gasteiger partial charge in [-0.1, -0.05) is 0 Å². The maximum absolute atomic E-state index is 11.5. The predicted molar refractivity (Wildman–Crippen MR) is 67.6 cm³/mol. The van der Waals surface area contributed by atoms with Crippen molar-refractivity contribution < 1.29 is 0 Å². The van der Waals surface area contributed by atoms with Crippen LogP contribution in [0, 0.1) is 12.3 Å². The van der Waals surface area contributed by atoms with Gasteiger partial charge in [0.25, 0.3) is 0 Å². The Morgan fingerprint density at radius 1 is 1.61 bits per heavy atom. The van der Waals surface area contributed by atoms with Crippen LogP contribution >= 0.6 is 0 Å². The Labute approximate surface area is 103 Å². The summed E-state index contributed by atoms with van der Waals surface area (Å²) in [5.41, 5.74) is 6.29. The lowest BCUT2D eigenvalue weighted by Gasteiger charge is -2.14. The van der Waals surface area contributed by atoms with Gasteiger partial charge < -0.3 is 11.1 Å². The van der Waals surface area contributed by atoms with Crippen LogP contribution in [0.2, 0.25) is 0 Å². The fourth-order valence-corrected chi connectivity index (χ4v) is 2.10. The number of anilines is 1. The Morgan fingerprint density at radius 3 is 3.06 bits per heavy atom. The zero-order valence-corrected chi connectivity index (χ0v) is 10.2. The van der Waals surface area contributed by atoms with Crippen molar-refractivity contribution >= 4 is 11.5 Å². The minimum atomic E-state index is -0.262. The van der Waals surface area contributed by atoms with Gasteiger partial charge in [-0.25, -0.2) is 19.3 Å². The normalized spacial score (nSPS) is 17.0. The van der Waals surface area contributed by atoms with Gasteiger partial charge in [-0.05, 0) is 31.7 Å². The quantitative estimate of drug-likeness (QED) is 0.700. The molecule has 1 aliphatic carbocycles. The number of rotatable bonds is 4. The maximum Gasteiger partial charge on any atom is 0.349 e. The van der Waals surface area contributed by atoms with Crippen molar-refractivity contribution in [2.45, 2.75) is 19.8 Å². The zero-order chi connectivity index (χ0) is 12.8. The topological polar surface area (TPSA) is 101 Å². The first-order valence-electron chi connectivity index (χ1n) is 6.02. The van der Waals surface area contributed by atoms with Crippen LogP contribution in [-0.2, 0) is 0 Å². The number of fused-ring (bicyclic) bond motifs is 1. The third-order valence-corrected chi connectivity index (χ3v) is 3.60. The molecule has 7 heteroatoms. The standard InChI is InChI=1S/C11H16N6O/c1-7-14-8(13-6-11(5-12)2-3-11)4-9-15-16-10(18)17(7)9/h4,13H,2-3,5-6,12H2,1H3,(H,16,18). The van der Waals surface area contributed by atoms with E-state index in [1.807, 2.05) is 0 Å². The van der Waals surface area contributed by atoms with Crippen molar-refractivity contribution in [3.8, 4) is 0 Å². The van der Waals surface area contributed by atoms with Crippen molar-refractivity contribution in [1.82, 2.24) is 19.6 Å². The number of nitrogens with two attached hydrogens (primary N) is 1. The van der Waals surface area contributed by atoms with Gasteiger partial charge >= 0.3 is 5.69 Å². The molecule has 0 spiro atoms. The lowest BCUT2D eigenvalue weighted by molar-refractivity contribution is 0.554. The fraction of sp³-hybridized carbons (Fsp3) is 0.545. The van der Waals surface area contributed by atoms with Crippen LogP contribution in [0.3, 0.4) is 0 Å². The molecule has 18 heavy (non-hydrogen) atoms. The Bertz CT molecular complexity index is 639. The highest BCUT2D eigenvalue weighted by Crippen LogP contribution is 2.44. The summed E-state index contributed by atoms with van der Waals surface area (Å²) < 4.78 is 1.45. The van der Waals surface area contributed by atoms with E-state index < -0.39 is 0 Å². The first kappa shape index (κ1) is 11.2. The third kappa shape index (κ3) is 1.76. The van der Waals surface area contributed by atoms with Gasteiger partial charge in [0.2, 0.25) is 0 Å². The van der Waals surface area contributed by atoms with Gasteiger partial charge in [-0.2, -0.15) is 5.10 Å². The van der Waals surface area contributed by atoms with Crippen LogP contribution in [0.5, 0.6) is 0 Å². The molecule has 1 saturated carbocycles. The first-order valence-corrected chi connectivity index (χ1v) is 6.02. The molecule has 0 unspecified atom stereocenters. The molecule has 1 aliphatic rings. The summed E-state index contributed by atoms with van der Waals surface area (Å²) in [4.78, 5) is 15.8. The molecule has 2 heterocycles. The van der Waals surface area contributed by atoms with E-state index >= 15 is 0 Å². The molecular formula is C11H16N6O. The number of aromatic nitrogens is 4. The molecule has 2 aromatic rings. The van der Waals surface area contributed by atoms with Crippen molar-refractivity contribution in [2.75, 3.05) is 18.4 Å². The number of aryl methyl sites for hydroxylation is 1. The highest BCUT2D eigenvalue weighted by Gasteiger charge is 2.40. The highest BCUT2D eigenvalue weighted by molar-refractivity contribution is 5.49. The molecule has 3 rings (SSSR count). The van der Waals surface area contributed by atoms with Gasteiger partial charge in [0.15, 0.2) is 5.65 Å². The Morgan fingerprint density at radius 2 is 2.39 bits per heavy atom. The fourth-order valence-electron chi connectivity index (χ4n) is 2.10. The van der Waals surface area contributed by atoms with Crippen LogP contribution in [0.4, 0.5) is 5.82 Å². The largest absolute Gasteiger partial charge is 0.369 e. The minimum Gasteiger partial charge on any atom is -0.369 e. The maximum atomic E-state index is 11.5. The van der Waals surface area contributed by atoms with Gasteiger partial charge in [-0.3, -0.25) is 0 Å².